The lowest BCUT2D eigenvalue weighted by Gasteiger charge is -2.42. The number of fused-ring (bicyclic) bond motifs is 11. The van der Waals surface area contributed by atoms with Crippen molar-refractivity contribution in [1.29, 1.82) is 0 Å². The van der Waals surface area contributed by atoms with E-state index in [2.05, 4.69) is 138 Å². The summed E-state index contributed by atoms with van der Waals surface area (Å²) in [6, 6.07) is 57.9. The Labute approximate surface area is 344 Å². The minimum Gasteiger partial charge on any atom is -0.456 e. The summed E-state index contributed by atoms with van der Waals surface area (Å²) in [6.07, 6.45) is 10.0. The molecule has 10 aromatic rings. The molecule has 1 aliphatic carbocycles. The van der Waals surface area contributed by atoms with Crippen molar-refractivity contribution in [2.75, 3.05) is 0 Å². The third kappa shape index (κ3) is 5.34. The van der Waals surface area contributed by atoms with Crippen LogP contribution in [-0.4, -0.2) is 19.9 Å². The quantitative estimate of drug-likeness (QED) is 0.177. The highest BCUT2D eigenvalue weighted by Crippen LogP contribution is 2.59. The molecule has 2 aliphatic rings. The van der Waals surface area contributed by atoms with Gasteiger partial charge in [0.25, 0.3) is 0 Å². The van der Waals surface area contributed by atoms with Crippen molar-refractivity contribution in [2.45, 2.75) is 15.2 Å². The highest BCUT2D eigenvalue weighted by Gasteiger charge is 2.47. The molecule has 1 atom stereocenters. The van der Waals surface area contributed by atoms with E-state index in [0.29, 0.717) is 5.82 Å². The molecule has 6 heteroatoms. The number of pyridine rings is 2. The fraction of sp³-hybridized carbons (Fsp3) is 0.0189. The van der Waals surface area contributed by atoms with Crippen LogP contribution < -0.4 is 0 Å². The van der Waals surface area contributed by atoms with Crippen molar-refractivity contribution >= 4 is 45.9 Å². The van der Waals surface area contributed by atoms with Gasteiger partial charge in [-0.3, -0.25) is 9.97 Å². The van der Waals surface area contributed by atoms with Gasteiger partial charge in [0.2, 0.25) is 0 Å². The number of hydrogen-bond acceptors (Lipinski definition) is 6. The minimum absolute atomic E-state index is 0.654. The number of benzene rings is 6. The lowest BCUT2D eigenvalue weighted by Crippen LogP contribution is -2.35. The minimum atomic E-state index is -0.681. The predicted molar refractivity (Wildman–Crippen MR) is 238 cm³/mol. The number of rotatable bonds is 4. The molecule has 1 spiro atoms. The average molecular weight is 773 g/mol. The third-order valence-corrected chi connectivity index (χ3v) is 12.9. The second-order valence-corrected chi connectivity index (χ2v) is 16.1. The van der Waals surface area contributed by atoms with Gasteiger partial charge in [-0.1, -0.05) is 127 Å². The fourth-order valence-electron chi connectivity index (χ4n) is 9.02. The maximum absolute atomic E-state index is 6.63. The first-order chi connectivity index (χ1) is 29.2. The molecule has 276 valence electrons. The number of hydrogen-bond donors (Lipinski definition) is 0. The molecule has 0 saturated carbocycles. The Balaban J connectivity index is 1.11. The second-order valence-electron chi connectivity index (χ2n) is 15.0. The van der Waals surface area contributed by atoms with Gasteiger partial charge in [-0.15, -0.1) is 0 Å². The van der Waals surface area contributed by atoms with Gasteiger partial charge in [0.1, 0.15) is 11.2 Å². The zero-order valence-electron chi connectivity index (χ0n) is 31.6. The Morgan fingerprint density at radius 3 is 2.02 bits per heavy atom. The number of nitrogens with zero attached hydrogens (tertiary/aromatic N) is 4. The molecule has 0 amide bonds. The van der Waals surface area contributed by atoms with Crippen molar-refractivity contribution in [3.8, 4) is 45.2 Å². The maximum atomic E-state index is 6.63. The molecule has 5 nitrogen and oxygen atoms in total. The summed E-state index contributed by atoms with van der Waals surface area (Å²) in [5, 5.41) is 2.25. The normalized spacial score (nSPS) is 15.1. The smallest absolute Gasteiger partial charge is 0.160 e. The van der Waals surface area contributed by atoms with Crippen LogP contribution in [0.15, 0.2) is 197 Å². The van der Waals surface area contributed by atoms with Crippen molar-refractivity contribution < 1.29 is 4.42 Å². The highest BCUT2D eigenvalue weighted by molar-refractivity contribution is 7.99. The molecule has 12 rings (SSSR count). The van der Waals surface area contributed by atoms with Crippen LogP contribution >= 0.6 is 11.8 Å². The molecule has 59 heavy (non-hydrogen) atoms. The van der Waals surface area contributed by atoms with E-state index < -0.39 is 5.41 Å². The van der Waals surface area contributed by atoms with Gasteiger partial charge in [0.15, 0.2) is 5.82 Å². The topological polar surface area (TPSA) is 64.7 Å². The van der Waals surface area contributed by atoms with Gasteiger partial charge < -0.3 is 4.42 Å². The van der Waals surface area contributed by atoms with Crippen LogP contribution in [0.25, 0.3) is 79.3 Å². The molecule has 6 aromatic carbocycles. The summed E-state index contributed by atoms with van der Waals surface area (Å²) in [7, 11) is 0. The second kappa shape index (κ2) is 13.3. The van der Waals surface area contributed by atoms with Crippen LogP contribution in [-0.2, 0) is 5.41 Å². The van der Waals surface area contributed by atoms with Crippen LogP contribution in [0, 0.1) is 0 Å². The van der Waals surface area contributed by atoms with E-state index in [0.717, 1.165) is 66.8 Å². The van der Waals surface area contributed by atoms with E-state index in [1.54, 1.807) is 6.20 Å². The van der Waals surface area contributed by atoms with E-state index in [9.17, 15) is 0 Å². The predicted octanol–water partition coefficient (Wildman–Crippen LogP) is 13.2. The molecule has 0 bridgehead atoms. The van der Waals surface area contributed by atoms with Gasteiger partial charge in [-0.25, -0.2) is 9.97 Å². The third-order valence-electron chi connectivity index (χ3n) is 11.7. The molecule has 5 heterocycles. The fourth-order valence-corrected chi connectivity index (χ4v) is 10.2. The monoisotopic (exact) mass is 772 g/mol. The summed E-state index contributed by atoms with van der Waals surface area (Å²) >= 11 is 1.84. The van der Waals surface area contributed by atoms with Gasteiger partial charge >= 0.3 is 0 Å². The first kappa shape index (κ1) is 33.7. The Kier molecular flexibility index (Phi) is 7.62. The Morgan fingerprint density at radius 2 is 1.17 bits per heavy atom. The average Bonchev–Trinajstić information content (AvgIpc) is 3.60. The molecule has 0 fully saturated rings. The van der Waals surface area contributed by atoms with Crippen LogP contribution in [0.2, 0.25) is 0 Å². The van der Waals surface area contributed by atoms with Crippen LogP contribution in [0.3, 0.4) is 0 Å². The summed E-state index contributed by atoms with van der Waals surface area (Å²) in [4.78, 5) is 22.0. The highest BCUT2D eigenvalue weighted by atomic mass is 32.2. The van der Waals surface area contributed by atoms with Gasteiger partial charge in [0.05, 0.1) is 22.5 Å². The maximum Gasteiger partial charge on any atom is 0.160 e. The van der Waals surface area contributed by atoms with Crippen LogP contribution in [0.5, 0.6) is 0 Å². The SMILES string of the molecule is C1=Cc2ccc(-c3cc(-c4ccc(-c5cccnc5)nc4)nc(-c4ccccc4)n3)cc2C2(c3ccccc31)c1ccccc1Sc1cc3c(cc12)oc1ccccc13. The number of para-hydroxylation sites is 1. The van der Waals surface area contributed by atoms with E-state index in [1.807, 2.05) is 66.6 Å². The van der Waals surface area contributed by atoms with Gasteiger partial charge in [0, 0.05) is 61.4 Å². The summed E-state index contributed by atoms with van der Waals surface area (Å²) in [5.74, 6) is 0.654. The van der Waals surface area contributed by atoms with Crippen LogP contribution in [0.1, 0.15) is 33.4 Å². The van der Waals surface area contributed by atoms with E-state index in [1.165, 1.54) is 37.6 Å². The molecule has 0 radical (unpaired) electrons. The van der Waals surface area contributed by atoms with Crippen molar-refractivity contribution in [3.05, 3.63) is 216 Å². The van der Waals surface area contributed by atoms with Crippen molar-refractivity contribution in [1.82, 2.24) is 19.9 Å². The summed E-state index contributed by atoms with van der Waals surface area (Å²) in [5.41, 5.74) is 14.6. The molecule has 4 aromatic heterocycles. The molecule has 0 saturated heterocycles. The summed E-state index contributed by atoms with van der Waals surface area (Å²) in [6.45, 7) is 0. The van der Waals surface area contributed by atoms with Crippen molar-refractivity contribution in [2.24, 2.45) is 0 Å². The van der Waals surface area contributed by atoms with Crippen molar-refractivity contribution in [3.63, 3.8) is 0 Å². The Bertz CT molecular complexity index is 3300. The molecule has 1 unspecified atom stereocenters. The van der Waals surface area contributed by atoms with E-state index in [4.69, 9.17) is 19.4 Å². The standard InChI is InChI=1S/C53H32N4OS/c1-2-12-35(13-3-1)52-56-46(30-47(57-52)38-24-25-45(55-32-38)37-14-10-26-54-31-37)36-23-22-34-21-20-33-11-4-6-16-41(33)53(43(34)27-36)42-17-7-9-19-50(42)59-51-28-40-39-15-5-8-18-48(39)58-49(40)29-44(51)53/h1-32H. The largest absolute Gasteiger partial charge is 0.456 e. The van der Waals surface area contributed by atoms with E-state index in [-0.39, 0.29) is 0 Å². The van der Waals surface area contributed by atoms with Crippen LogP contribution in [0.4, 0.5) is 0 Å². The number of aromatic nitrogens is 4. The molecule has 1 aliphatic heterocycles. The van der Waals surface area contributed by atoms with E-state index >= 15 is 0 Å². The zero-order valence-corrected chi connectivity index (χ0v) is 32.4. The first-order valence-corrected chi connectivity index (χ1v) is 20.5. The Morgan fingerprint density at radius 1 is 0.441 bits per heavy atom. The lowest BCUT2D eigenvalue weighted by molar-refractivity contribution is 0.659. The number of furan rings is 1. The summed E-state index contributed by atoms with van der Waals surface area (Å²) < 4.78 is 6.63. The molecular weight excluding hydrogens is 741 g/mol. The first-order valence-electron chi connectivity index (χ1n) is 19.7. The van der Waals surface area contributed by atoms with Gasteiger partial charge in [-0.2, -0.15) is 0 Å². The zero-order chi connectivity index (χ0) is 38.9. The molecule has 0 N–H and O–H groups in total. The molecular formula is C53H32N4OS. The Hall–Kier alpha value is -7.41. The lowest BCUT2D eigenvalue weighted by atomic mass is 9.63. The van der Waals surface area contributed by atoms with Gasteiger partial charge in [-0.05, 0) is 94.0 Å².